The second kappa shape index (κ2) is 10.2. The molecular formula is C21H21F3N6O3S. The Morgan fingerprint density at radius 3 is 2.38 bits per heavy atom. The fourth-order valence-electron chi connectivity index (χ4n) is 2.95. The van der Waals surface area contributed by atoms with Gasteiger partial charge in [0.25, 0.3) is 10.0 Å². The molecule has 0 fully saturated rings. The van der Waals surface area contributed by atoms with Gasteiger partial charge < -0.3 is 5.32 Å². The van der Waals surface area contributed by atoms with Crippen molar-refractivity contribution in [2.24, 2.45) is 0 Å². The summed E-state index contributed by atoms with van der Waals surface area (Å²) >= 11 is 0. The fourth-order valence-corrected chi connectivity index (χ4v) is 4.42. The number of sulfonamides is 1. The van der Waals surface area contributed by atoms with Crippen molar-refractivity contribution in [2.75, 3.05) is 6.54 Å². The summed E-state index contributed by atoms with van der Waals surface area (Å²) in [6.07, 6.45) is 0.477. The minimum absolute atomic E-state index is 0.0356. The predicted octanol–water partition coefficient (Wildman–Crippen LogP) is 2.67. The molecule has 1 amide bonds. The van der Waals surface area contributed by atoms with Crippen LogP contribution >= 0.6 is 0 Å². The van der Waals surface area contributed by atoms with Gasteiger partial charge in [-0.05, 0) is 32.0 Å². The van der Waals surface area contributed by atoms with Gasteiger partial charge in [0.15, 0.2) is 5.03 Å². The first-order chi connectivity index (χ1) is 16.0. The summed E-state index contributed by atoms with van der Waals surface area (Å²) in [6, 6.07) is 5.51. The summed E-state index contributed by atoms with van der Waals surface area (Å²) in [6.45, 7) is 2.77. The highest BCUT2D eigenvalue weighted by atomic mass is 32.2. The minimum Gasteiger partial charge on any atom is -0.349 e. The molecule has 3 aromatic rings. The highest BCUT2D eigenvalue weighted by Crippen LogP contribution is 2.30. The average Bonchev–Trinajstić information content (AvgIpc) is 2.81. The predicted molar refractivity (Wildman–Crippen MR) is 115 cm³/mol. The molecule has 0 saturated heterocycles. The minimum atomic E-state index is -4.44. The van der Waals surface area contributed by atoms with E-state index < -0.39 is 40.3 Å². The molecule has 2 aromatic heterocycles. The van der Waals surface area contributed by atoms with E-state index in [4.69, 9.17) is 0 Å². The Kier molecular flexibility index (Phi) is 7.57. The van der Waals surface area contributed by atoms with Crippen molar-refractivity contribution in [2.45, 2.75) is 37.6 Å². The van der Waals surface area contributed by atoms with Gasteiger partial charge in [-0.15, -0.1) is 0 Å². The van der Waals surface area contributed by atoms with E-state index in [0.29, 0.717) is 17.0 Å². The molecule has 34 heavy (non-hydrogen) atoms. The molecule has 0 spiro atoms. The lowest BCUT2D eigenvalue weighted by atomic mass is 10.1. The Morgan fingerprint density at radius 1 is 1.09 bits per heavy atom. The van der Waals surface area contributed by atoms with E-state index in [1.807, 2.05) is 0 Å². The van der Waals surface area contributed by atoms with Crippen LogP contribution in [0.4, 0.5) is 13.2 Å². The van der Waals surface area contributed by atoms with E-state index in [1.165, 1.54) is 36.9 Å². The number of halogens is 3. The molecule has 13 heteroatoms. The van der Waals surface area contributed by atoms with Gasteiger partial charge in [0.2, 0.25) is 5.91 Å². The lowest BCUT2D eigenvalue weighted by Crippen LogP contribution is -2.44. The zero-order valence-electron chi connectivity index (χ0n) is 18.2. The summed E-state index contributed by atoms with van der Waals surface area (Å²) in [5, 5.41) is 2.33. The van der Waals surface area contributed by atoms with E-state index in [9.17, 15) is 26.4 Å². The Hall–Kier alpha value is -3.45. The largest absolute Gasteiger partial charge is 0.416 e. The van der Waals surface area contributed by atoms with Gasteiger partial charge in [-0.1, -0.05) is 12.1 Å². The van der Waals surface area contributed by atoms with Gasteiger partial charge in [0.1, 0.15) is 6.33 Å². The number of benzene rings is 1. The van der Waals surface area contributed by atoms with E-state index in [0.717, 1.165) is 22.6 Å². The first-order valence-corrected chi connectivity index (χ1v) is 11.5. The molecule has 1 N–H and O–H groups in total. The van der Waals surface area contributed by atoms with Crippen molar-refractivity contribution in [1.29, 1.82) is 0 Å². The van der Waals surface area contributed by atoms with Crippen molar-refractivity contribution in [3.05, 3.63) is 66.5 Å². The number of nitrogens with one attached hydrogen (secondary N) is 1. The van der Waals surface area contributed by atoms with Crippen LogP contribution in [-0.4, -0.2) is 51.2 Å². The first-order valence-electron chi connectivity index (χ1n) is 10.0. The Bertz CT molecular complexity index is 1240. The number of nitrogens with zero attached hydrogens (tertiary/aromatic N) is 5. The average molecular weight is 494 g/mol. The number of amides is 1. The zero-order chi connectivity index (χ0) is 24.9. The molecule has 0 aliphatic heterocycles. The van der Waals surface area contributed by atoms with Crippen LogP contribution in [0, 0.1) is 0 Å². The van der Waals surface area contributed by atoms with E-state index in [1.54, 1.807) is 13.8 Å². The van der Waals surface area contributed by atoms with Crippen LogP contribution in [-0.2, 0) is 27.5 Å². The molecule has 2 heterocycles. The van der Waals surface area contributed by atoms with Crippen molar-refractivity contribution < 1.29 is 26.4 Å². The number of hydrogen-bond donors (Lipinski definition) is 1. The summed E-state index contributed by atoms with van der Waals surface area (Å²) in [5.41, 5.74) is 0.445. The van der Waals surface area contributed by atoms with Crippen molar-refractivity contribution in [3.63, 3.8) is 0 Å². The first kappa shape index (κ1) is 25.2. The summed E-state index contributed by atoms with van der Waals surface area (Å²) in [7, 11) is -4.04. The van der Waals surface area contributed by atoms with Crippen LogP contribution in [0.2, 0.25) is 0 Å². The van der Waals surface area contributed by atoms with Crippen molar-refractivity contribution in [1.82, 2.24) is 29.6 Å². The second-order valence-electron chi connectivity index (χ2n) is 7.43. The monoisotopic (exact) mass is 494 g/mol. The number of rotatable bonds is 8. The van der Waals surface area contributed by atoms with Gasteiger partial charge in [-0.2, -0.15) is 17.5 Å². The molecule has 3 rings (SSSR count). The highest BCUT2D eigenvalue weighted by molar-refractivity contribution is 7.89. The Morgan fingerprint density at radius 2 is 1.79 bits per heavy atom. The molecule has 0 unspecified atom stereocenters. The molecule has 0 saturated carbocycles. The maximum atomic E-state index is 12.8. The number of aromatic nitrogens is 4. The standard InChI is InChI=1S/C21H21F3N6O3S/c1-14(2)30(34(32,33)20-11-25-7-8-26-20)12-19(31)27-10-17-9-18(29-13-28-17)15-3-5-16(6-4-15)21(22,23)24/h3-9,11,13-14H,10,12H2,1-2H3,(H,27,31). The third-order valence-corrected chi connectivity index (χ3v) is 6.59. The maximum Gasteiger partial charge on any atom is 0.416 e. The maximum absolute atomic E-state index is 12.8. The molecule has 9 nitrogen and oxygen atoms in total. The van der Waals surface area contributed by atoms with Gasteiger partial charge in [-0.25, -0.2) is 23.4 Å². The van der Waals surface area contributed by atoms with Crippen molar-refractivity contribution in [3.8, 4) is 11.3 Å². The van der Waals surface area contributed by atoms with Crippen LogP contribution in [0.5, 0.6) is 0 Å². The molecule has 0 atom stereocenters. The Labute approximate surface area is 194 Å². The van der Waals surface area contributed by atoms with Gasteiger partial charge >= 0.3 is 6.18 Å². The number of carbonyl (C=O) groups excluding carboxylic acids is 1. The van der Waals surface area contributed by atoms with Gasteiger partial charge in [0, 0.05) is 24.0 Å². The molecular weight excluding hydrogens is 473 g/mol. The number of carbonyl (C=O) groups is 1. The molecule has 1 aromatic carbocycles. The van der Waals surface area contributed by atoms with Gasteiger partial charge in [0.05, 0.1) is 36.2 Å². The summed E-state index contributed by atoms with van der Waals surface area (Å²) in [5.74, 6) is -0.573. The summed E-state index contributed by atoms with van der Waals surface area (Å²) in [4.78, 5) is 28.2. The summed E-state index contributed by atoms with van der Waals surface area (Å²) < 4.78 is 64.9. The van der Waals surface area contributed by atoms with Crippen LogP contribution in [0.3, 0.4) is 0 Å². The molecule has 180 valence electrons. The zero-order valence-corrected chi connectivity index (χ0v) is 19.0. The van der Waals surface area contributed by atoms with Crippen LogP contribution in [0.25, 0.3) is 11.3 Å². The van der Waals surface area contributed by atoms with Crippen LogP contribution < -0.4 is 5.32 Å². The third-order valence-electron chi connectivity index (χ3n) is 4.69. The normalized spacial score (nSPS) is 12.2. The molecule has 0 bridgehead atoms. The number of alkyl halides is 3. The van der Waals surface area contributed by atoms with Crippen LogP contribution in [0.1, 0.15) is 25.1 Å². The molecule has 0 aliphatic rings. The highest BCUT2D eigenvalue weighted by Gasteiger charge is 2.31. The quantitative estimate of drug-likeness (QED) is 0.512. The van der Waals surface area contributed by atoms with Gasteiger partial charge in [-0.3, -0.25) is 9.78 Å². The van der Waals surface area contributed by atoms with E-state index >= 15 is 0 Å². The Balaban J connectivity index is 1.68. The molecule has 0 aliphatic carbocycles. The lowest BCUT2D eigenvalue weighted by Gasteiger charge is -2.24. The van der Waals surface area contributed by atoms with E-state index in [-0.39, 0.29) is 11.6 Å². The molecule has 0 radical (unpaired) electrons. The smallest absolute Gasteiger partial charge is 0.349 e. The SMILES string of the molecule is CC(C)N(CC(=O)NCc1cc(-c2ccc(C(F)(F)F)cc2)ncn1)S(=O)(=O)c1cnccn1. The van der Waals surface area contributed by atoms with Crippen LogP contribution in [0.15, 0.2) is 60.3 Å². The van der Waals surface area contributed by atoms with Crippen molar-refractivity contribution >= 4 is 15.9 Å². The topological polar surface area (TPSA) is 118 Å². The fraction of sp³-hybridized carbons (Fsp3) is 0.286. The van der Waals surface area contributed by atoms with E-state index in [2.05, 4.69) is 25.3 Å². The number of hydrogen-bond acceptors (Lipinski definition) is 7. The lowest BCUT2D eigenvalue weighted by molar-refractivity contribution is -0.137. The second-order valence-corrected chi connectivity index (χ2v) is 9.27. The third kappa shape index (κ3) is 6.11.